The van der Waals surface area contributed by atoms with Crippen LogP contribution in [0.15, 0.2) is 41.0 Å². The van der Waals surface area contributed by atoms with Crippen LogP contribution in [-0.4, -0.2) is 4.98 Å². The Morgan fingerprint density at radius 3 is 2.82 bits per heavy atom. The molecule has 88 valence electrons. The van der Waals surface area contributed by atoms with Gasteiger partial charge in [-0.3, -0.25) is 4.98 Å². The van der Waals surface area contributed by atoms with Crippen molar-refractivity contribution in [3.05, 3.63) is 51.7 Å². The maximum Gasteiger partial charge on any atom is 0.146 e. The summed E-state index contributed by atoms with van der Waals surface area (Å²) in [6.45, 7) is 0.380. The predicted octanol–water partition coefficient (Wildman–Crippen LogP) is 3.75. The first kappa shape index (κ1) is 12.4. The monoisotopic (exact) mass is 312 g/mol. The van der Waals surface area contributed by atoms with E-state index in [0.717, 1.165) is 10.2 Å². The number of nitrogens with zero attached hydrogens (tertiary/aromatic N) is 1. The van der Waals surface area contributed by atoms with E-state index in [0.29, 0.717) is 23.1 Å². The van der Waals surface area contributed by atoms with Gasteiger partial charge in [0.25, 0.3) is 0 Å². The van der Waals surface area contributed by atoms with E-state index in [2.05, 4.69) is 20.9 Å². The topological polar surface area (TPSA) is 48.1 Å². The zero-order valence-electron chi connectivity index (χ0n) is 8.86. The van der Waals surface area contributed by atoms with Crippen molar-refractivity contribution in [2.75, 3.05) is 0 Å². The molecule has 5 heteroatoms. The predicted molar refractivity (Wildman–Crippen MR) is 71.4 cm³/mol. The van der Waals surface area contributed by atoms with Crippen molar-refractivity contribution in [1.82, 2.24) is 4.98 Å². The second-order valence-corrected chi connectivity index (χ2v) is 4.69. The number of aromatic nitrogens is 1. The number of benzene rings is 1. The lowest BCUT2D eigenvalue weighted by Crippen LogP contribution is -1.99. The molecule has 0 aliphatic heterocycles. The molecule has 0 unspecified atom stereocenters. The minimum atomic E-state index is 0.380. The lowest BCUT2D eigenvalue weighted by molar-refractivity contribution is 0.481. The average molecular weight is 314 g/mol. The standard InChI is InChI=1S/C12H10BrClN2O/c13-8-1-2-12(11(14)5-8)17-10-3-4-16-9(6-10)7-15/h1-6H,7,15H2. The average Bonchev–Trinajstić information content (AvgIpc) is 2.33. The molecule has 0 saturated heterocycles. The molecule has 17 heavy (non-hydrogen) atoms. The number of hydrogen-bond donors (Lipinski definition) is 1. The molecule has 0 fully saturated rings. The van der Waals surface area contributed by atoms with E-state index in [4.69, 9.17) is 22.1 Å². The van der Waals surface area contributed by atoms with Gasteiger partial charge in [0.15, 0.2) is 0 Å². The third kappa shape index (κ3) is 3.19. The molecule has 1 heterocycles. The first-order valence-electron chi connectivity index (χ1n) is 4.97. The van der Waals surface area contributed by atoms with Crippen LogP contribution in [0.4, 0.5) is 0 Å². The Hall–Kier alpha value is -1.10. The van der Waals surface area contributed by atoms with Gasteiger partial charge < -0.3 is 10.5 Å². The molecular weight excluding hydrogens is 304 g/mol. The Kier molecular flexibility index (Phi) is 3.99. The summed E-state index contributed by atoms with van der Waals surface area (Å²) in [6, 6.07) is 9.00. The van der Waals surface area contributed by atoms with E-state index in [1.54, 1.807) is 30.5 Å². The van der Waals surface area contributed by atoms with Crippen LogP contribution in [0.25, 0.3) is 0 Å². The second kappa shape index (κ2) is 5.49. The Balaban J connectivity index is 2.25. The highest BCUT2D eigenvalue weighted by molar-refractivity contribution is 9.10. The van der Waals surface area contributed by atoms with Gasteiger partial charge in [-0.25, -0.2) is 0 Å². The van der Waals surface area contributed by atoms with Crippen LogP contribution in [-0.2, 0) is 6.54 Å². The van der Waals surface area contributed by atoms with Crippen molar-refractivity contribution in [3.8, 4) is 11.5 Å². The summed E-state index contributed by atoms with van der Waals surface area (Å²) in [7, 11) is 0. The minimum absolute atomic E-state index is 0.380. The SMILES string of the molecule is NCc1cc(Oc2ccc(Br)cc2Cl)ccn1. The van der Waals surface area contributed by atoms with Crippen LogP contribution in [0.1, 0.15) is 5.69 Å². The Bertz CT molecular complexity index is 534. The van der Waals surface area contributed by atoms with Crippen LogP contribution in [0.3, 0.4) is 0 Å². The van der Waals surface area contributed by atoms with Crippen molar-refractivity contribution in [1.29, 1.82) is 0 Å². The highest BCUT2D eigenvalue weighted by Crippen LogP contribution is 2.31. The van der Waals surface area contributed by atoms with Gasteiger partial charge in [-0.2, -0.15) is 0 Å². The number of ether oxygens (including phenoxy) is 1. The molecule has 2 N–H and O–H groups in total. The van der Waals surface area contributed by atoms with Crippen LogP contribution < -0.4 is 10.5 Å². The van der Waals surface area contributed by atoms with Gasteiger partial charge in [0.1, 0.15) is 11.5 Å². The van der Waals surface area contributed by atoms with Crippen molar-refractivity contribution < 1.29 is 4.74 Å². The highest BCUT2D eigenvalue weighted by atomic mass is 79.9. The van der Waals surface area contributed by atoms with E-state index in [1.807, 2.05) is 6.07 Å². The van der Waals surface area contributed by atoms with Gasteiger partial charge >= 0.3 is 0 Å². The van der Waals surface area contributed by atoms with Crippen molar-refractivity contribution in [3.63, 3.8) is 0 Å². The van der Waals surface area contributed by atoms with E-state index in [1.165, 1.54) is 0 Å². The largest absolute Gasteiger partial charge is 0.456 e. The maximum absolute atomic E-state index is 6.06. The Morgan fingerprint density at radius 2 is 2.12 bits per heavy atom. The summed E-state index contributed by atoms with van der Waals surface area (Å²) in [6.07, 6.45) is 1.66. The molecule has 0 amide bonds. The molecule has 0 aliphatic carbocycles. The van der Waals surface area contributed by atoms with Crippen LogP contribution >= 0.6 is 27.5 Å². The first-order chi connectivity index (χ1) is 8.19. The molecule has 0 atom stereocenters. The molecule has 0 radical (unpaired) electrons. The Labute approximate surface area is 113 Å². The normalized spacial score (nSPS) is 10.3. The van der Waals surface area contributed by atoms with Gasteiger partial charge in [-0.15, -0.1) is 0 Å². The Morgan fingerprint density at radius 1 is 1.29 bits per heavy atom. The lowest BCUT2D eigenvalue weighted by Gasteiger charge is -2.08. The highest BCUT2D eigenvalue weighted by Gasteiger charge is 2.04. The number of nitrogens with two attached hydrogens (primary N) is 1. The van der Waals surface area contributed by atoms with Crippen molar-refractivity contribution in [2.24, 2.45) is 5.73 Å². The number of hydrogen-bond acceptors (Lipinski definition) is 3. The smallest absolute Gasteiger partial charge is 0.146 e. The zero-order chi connectivity index (χ0) is 12.3. The van der Waals surface area contributed by atoms with Crippen LogP contribution in [0, 0.1) is 0 Å². The van der Waals surface area contributed by atoms with Crippen LogP contribution in [0.5, 0.6) is 11.5 Å². The van der Waals surface area contributed by atoms with Gasteiger partial charge in [-0.1, -0.05) is 27.5 Å². The molecular formula is C12H10BrClN2O. The van der Waals surface area contributed by atoms with Crippen molar-refractivity contribution >= 4 is 27.5 Å². The number of halogens is 2. The fourth-order valence-corrected chi connectivity index (χ4v) is 2.03. The molecule has 0 spiro atoms. The quantitative estimate of drug-likeness (QED) is 0.939. The fraction of sp³-hybridized carbons (Fsp3) is 0.0833. The van der Waals surface area contributed by atoms with Gasteiger partial charge in [0.05, 0.1) is 10.7 Å². The molecule has 2 rings (SSSR count). The summed E-state index contributed by atoms with van der Waals surface area (Å²) in [4.78, 5) is 4.09. The summed E-state index contributed by atoms with van der Waals surface area (Å²) in [5.74, 6) is 1.27. The van der Waals surface area contributed by atoms with Crippen LogP contribution in [0.2, 0.25) is 5.02 Å². The maximum atomic E-state index is 6.06. The first-order valence-corrected chi connectivity index (χ1v) is 6.14. The third-order valence-corrected chi connectivity index (χ3v) is 2.91. The summed E-state index contributed by atoms with van der Waals surface area (Å²) < 4.78 is 6.57. The van der Waals surface area contributed by atoms with E-state index >= 15 is 0 Å². The van der Waals surface area contributed by atoms with Gasteiger partial charge in [0.2, 0.25) is 0 Å². The van der Waals surface area contributed by atoms with E-state index in [9.17, 15) is 0 Å². The second-order valence-electron chi connectivity index (χ2n) is 3.36. The number of pyridine rings is 1. The van der Waals surface area contributed by atoms with E-state index < -0.39 is 0 Å². The fourth-order valence-electron chi connectivity index (χ4n) is 1.32. The lowest BCUT2D eigenvalue weighted by atomic mass is 10.3. The van der Waals surface area contributed by atoms with Gasteiger partial charge in [0, 0.05) is 23.3 Å². The molecule has 0 bridgehead atoms. The third-order valence-electron chi connectivity index (χ3n) is 2.12. The van der Waals surface area contributed by atoms with Crippen molar-refractivity contribution in [2.45, 2.75) is 6.54 Å². The summed E-state index contributed by atoms with van der Waals surface area (Å²) in [5, 5.41) is 0.547. The van der Waals surface area contributed by atoms with Gasteiger partial charge in [-0.05, 0) is 24.3 Å². The molecule has 2 aromatic rings. The number of rotatable bonds is 3. The molecule has 0 saturated carbocycles. The molecule has 1 aromatic carbocycles. The summed E-state index contributed by atoms with van der Waals surface area (Å²) in [5.41, 5.74) is 6.29. The van der Waals surface area contributed by atoms with E-state index in [-0.39, 0.29) is 0 Å². The molecule has 3 nitrogen and oxygen atoms in total. The summed E-state index contributed by atoms with van der Waals surface area (Å²) >= 11 is 9.40. The zero-order valence-corrected chi connectivity index (χ0v) is 11.2. The molecule has 0 aliphatic rings. The minimum Gasteiger partial charge on any atom is -0.456 e. The molecule has 1 aromatic heterocycles.